The Labute approximate surface area is 156 Å². The van der Waals surface area contributed by atoms with Crippen LogP contribution < -0.4 is 4.74 Å². The molecule has 0 aliphatic carbocycles. The van der Waals surface area contributed by atoms with E-state index in [1.807, 2.05) is 24.3 Å². The van der Waals surface area contributed by atoms with Crippen molar-refractivity contribution in [2.24, 2.45) is 4.99 Å². The first kappa shape index (κ1) is 17.9. The number of pyridine rings is 1. The molecule has 1 aromatic heterocycles. The molecule has 0 aliphatic heterocycles. The number of aromatic nitrogens is 1. The fourth-order valence-corrected chi connectivity index (χ4v) is 2.59. The van der Waals surface area contributed by atoms with E-state index < -0.39 is 0 Å². The number of rotatable bonds is 5. The Balaban J connectivity index is 1.83. The first-order chi connectivity index (χ1) is 12.6. The van der Waals surface area contributed by atoms with Gasteiger partial charge < -0.3 is 9.47 Å². The van der Waals surface area contributed by atoms with E-state index in [1.165, 1.54) is 0 Å². The summed E-state index contributed by atoms with van der Waals surface area (Å²) in [7, 11) is 1.61. The number of esters is 1. The standard InChI is InChI=1S/C20H17ClN2O3/c1-3-26-20(24)13-4-7-16(8-5-13)22-12-15-10-14-6-9-17(25-2)11-18(14)23-19(15)21/h4-12H,3H2,1-2H3. The van der Waals surface area contributed by atoms with Crippen LogP contribution in [0.2, 0.25) is 5.15 Å². The zero-order valence-electron chi connectivity index (χ0n) is 14.4. The van der Waals surface area contributed by atoms with Crippen LogP contribution >= 0.6 is 11.6 Å². The van der Waals surface area contributed by atoms with Gasteiger partial charge in [-0.05, 0) is 49.4 Å². The molecule has 0 bridgehead atoms. The second-order valence-electron chi connectivity index (χ2n) is 5.45. The molecule has 0 N–H and O–H groups in total. The van der Waals surface area contributed by atoms with Crippen LogP contribution in [0.15, 0.2) is 53.5 Å². The van der Waals surface area contributed by atoms with Crippen LogP contribution in [-0.2, 0) is 4.74 Å². The summed E-state index contributed by atoms with van der Waals surface area (Å²) in [5, 5.41) is 1.30. The Bertz CT molecular complexity index is 969. The number of carbonyl (C=O) groups excluding carboxylic acids is 1. The average molecular weight is 369 g/mol. The van der Waals surface area contributed by atoms with E-state index in [9.17, 15) is 4.79 Å². The van der Waals surface area contributed by atoms with Gasteiger partial charge in [0.05, 0.1) is 30.5 Å². The number of nitrogens with zero attached hydrogens (tertiary/aromatic N) is 2. The summed E-state index contributed by atoms with van der Waals surface area (Å²) in [5.41, 5.74) is 2.65. The molecule has 0 unspecified atom stereocenters. The van der Waals surface area contributed by atoms with E-state index in [0.717, 1.165) is 16.7 Å². The highest BCUT2D eigenvalue weighted by molar-refractivity contribution is 6.32. The molecule has 0 radical (unpaired) electrons. The van der Waals surface area contributed by atoms with Gasteiger partial charge in [0.25, 0.3) is 0 Å². The van der Waals surface area contributed by atoms with Crippen LogP contribution in [0.3, 0.4) is 0 Å². The number of hydrogen-bond acceptors (Lipinski definition) is 5. The molecule has 26 heavy (non-hydrogen) atoms. The van der Waals surface area contributed by atoms with Crippen molar-refractivity contribution < 1.29 is 14.3 Å². The van der Waals surface area contributed by atoms with Gasteiger partial charge in [-0.25, -0.2) is 9.78 Å². The van der Waals surface area contributed by atoms with Crippen molar-refractivity contribution in [2.45, 2.75) is 6.92 Å². The lowest BCUT2D eigenvalue weighted by Crippen LogP contribution is -2.03. The first-order valence-electron chi connectivity index (χ1n) is 8.06. The maximum absolute atomic E-state index is 11.7. The topological polar surface area (TPSA) is 60.8 Å². The van der Waals surface area contributed by atoms with Gasteiger partial charge >= 0.3 is 5.97 Å². The Morgan fingerprint density at radius 2 is 1.96 bits per heavy atom. The summed E-state index contributed by atoms with van der Waals surface area (Å²) in [6.07, 6.45) is 1.65. The molecular weight excluding hydrogens is 352 g/mol. The summed E-state index contributed by atoms with van der Waals surface area (Å²) < 4.78 is 10.2. The molecular formula is C20H17ClN2O3. The lowest BCUT2D eigenvalue weighted by atomic mass is 10.1. The molecule has 0 spiro atoms. The normalized spacial score (nSPS) is 11.0. The molecule has 0 atom stereocenters. The smallest absolute Gasteiger partial charge is 0.338 e. The van der Waals surface area contributed by atoms with Gasteiger partial charge in [0, 0.05) is 23.2 Å². The minimum atomic E-state index is -0.347. The Morgan fingerprint density at radius 3 is 2.65 bits per heavy atom. The largest absolute Gasteiger partial charge is 0.497 e. The van der Waals surface area contributed by atoms with Crippen molar-refractivity contribution in [3.05, 3.63) is 64.8 Å². The second kappa shape index (κ2) is 7.97. The molecule has 0 saturated heterocycles. The molecule has 5 nitrogen and oxygen atoms in total. The molecule has 3 aromatic rings. The Kier molecular flexibility index (Phi) is 5.49. The van der Waals surface area contributed by atoms with Crippen LogP contribution in [0.5, 0.6) is 5.75 Å². The van der Waals surface area contributed by atoms with Gasteiger partial charge in [-0.15, -0.1) is 0 Å². The number of ether oxygens (including phenoxy) is 2. The minimum absolute atomic E-state index is 0.345. The quantitative estimate of drug-likeness (QED) is 0.368. The lowest BCUT2D eigenvalue weighted by Gasteiger charge is -2.05. The predicted octanol–water partition coefficient (Wildman–Crippen LogP) is 4.82. The highest BCUT2D eigenvalue weighted by Gasteiger charge is 2.06. The number of halogens is 1. The first-order valence-corrected chi connectivity index (χ1v) is 8.44. The van der Waals surface area contributed by atoms with Gasteiger partial charge in [-0.3, -0.25) is 4.99 Å². The van der Waals surface area contributed by atoms with E-state index in [4.69, 9.17) is 21.1 Å². The number of methoxy groups -OCH3 is 1. The van der Waals surface area contributed by atoms with E-state index in [0.29, 0.717) is 28.6 Å². The number of carbonyl (C=O) groups is 1. The summed E-state index contributed by atoms with van der Waals surface area (Å²) in [6, 6.07) is 14.4. The maximum Gasteiger partial charge on any atom is 0.338 e. The molecule has 0 saturated carbocycles. The third kappa shape index (κ3) is 4.00. The molecule has 1 heterocycles. The van der Waals surface area contributed by atoms with Crippen LogP contribution in [0.4, 0.5) is 5.69 Å². The third-order valence-electron chi connectivity index (χ3n) is 3.74. The van der Waals surface area contributed by atoms with E-state index in [-0.39, 0.29) is 5.97 Å². The van der Waals surface area contributed by atoms with Gasteiger partial charge in [0.2, 0.25) is 0 Å². The monoisotopic (exact) mass is 368 g/mol. The second-order valence-corrected chi connectivity index (χ2v) is 5.81. The van der Waals surface area contributed by atoms with E-state index in [2.05, 4.69) is 9.98 Å². The third-order valence-corrected chi connectivity index (χ3v) is 4.04. The maximum atomic E-state index is 11.7. The fourth-order valence-electron chi connectivity index (χ4n) is 2.40. The summed E-state index contributed by atoms with van der Waals surface area (Å²) in [6.45, 7) is 2.12. The Morgan fingerprint density at radius 1 is 1.19 bits per heavy atom. The van der Waals surface area contributed by atoms with Crippen LogP contribution in [0.1, 0.15) is 22.8 Å². The minimum Gasteiger partial charge on any atom is -0.497 e. The van der Waals surface area contributed by atoms with Crippen molar-refractivity contribution in [1.82, 2.24) is 4.98 Å². The van der Waals surface area contributed by atoms with Gasteiger partial charge in [0.15, 0.2) is 0 Å². The van der Waals surface area contributed by atoms with Gasteiger partial charge in [-0.1, -0.05) is 11.6 Å². The molecule has 0 aliphatic rings. The predicted molar refractivity (Wildman–Crippen MR) is 103 cm³/mol. The molecule has 132 valence electrons. The van der Waals surface area contributed by atoms with Gasteiger partial charge in [0.1, 0.15) is 10.9 Å². The molecule has 3 rings (SSSR count). The number of benzene rings is 2. The lowest BCUT2D eigenvalue weighted by molar-refractivity contribution is 0.0526. The van der Waals surface area contributed by atoms with Crippen LogP contribution in [0.25, 0.3) is 10.9 Å². The SMILES string of the molecule is CCOC(=O)c1ccc(N=Cc2cc3ccc(OC)cc3nc2Cl)cc1. The van der Waals surface area contributed by atoms with Crippen molar-refractivity contribution in [1.29, 1.82) is 0 Å². The van der Waals surface area contributed by atoms with Gasteiger partial charge in [-0.2, -0.15) is 0 Å². The van der Waals surface area contributed by atoms with Crippen molar-refractivity contribution in [3.8, 4) is 5.75 Å². The average Bonchev–Trinajstić information content (AvgIpc) is 2.66. The number of hydrogen-bond donors (Lipinski definition) is 0. The van der Waals surface area contributed by atoms with Crippen LogP contribution in [-0.4, -0.2) is 30.9 Å². The Hall–Kier alpha value is -2.92. The molecule has 0 fully saturated rings. The highest BCUT2D eigenvalue weighted by atomic mass is 35.5. The number of fused-ring (bicyclic) bond motifs is 1. The van der Waals surface area contributed by atoms with E-state index in [1.54, 1.807) is 44.5 Å². The fraction of sp³-hybridized carbons (Fsp3) is 0.150. The summed E-state index contributed by atoms with van der Waals surface area (Å²) >= 11 is 6.26. The van der Waals surface area contributed by atoms with Crippen LogP contribution in [0, 0.1) is 0 Å². The van der Waals surface area contributed by atoms with Crippen molar-refractivity contribution >= 4 is 40.4 Å². The van der Waals surface area contributed by atoms with E-state index >= 15 is 0 Å². The zero-order valence-corrected chi connectivity index (χ0v) is 15.2. The molecule has 6 heteroatoms. The summed E-state index contributed by atoms with van der Waals surface area (Å²) in [4.78, 5) is 20.4. The highest BCUT2D eigenvalue weighted by Crippen LogP contribution is 2.24. The molecule has 0 amide bonds. The number of aliphatic imine (C=N–C) groups is 1. The molecule has 2 aromatic carbocycles. The zero-order chi connectivity index (χ0) is 18.5. The van der Waals surface area contributed by atoms with Crippen molar-refractivity contribution in [2.75, 3.05) is 13.7 Å². The van der Waals surface area contributed by atoms with Crippen molar-refractivity contribution in [3.63, 3.8) is 0 Å². The summed E-state index contributed by atoms with van der Waals surface area (Å²) in [5.74, 6) is 0.379.